The quantitative estimate of drug-likeness (QED) is 0.580. The Bertz CT molecular complexity index is 769. The number of ether oxygens (including phenoxy) is 2. The van der Waals surface area contributed by atoms with Crippen molar-refractivity contribution in [3.63, 3.8) is 0 Å². The van der Waals surface area contributed by atoms with Crippen LogP contribution in [0.15, 0.2) is 24.3 Å². The van der Waals surface area contributed by atoms with Gasteiger partial charge in [0.25, 0.3) is 17.7 Å². The Labute approximate surface area is 148 Å². The summed E-state index contributed by atoms with van der Waals surface area (Å²) in [7, 11) is 0. The first-order valence-electron chi connectivity index (χ1n) is 8.06. The first-order valence-corrected chi connectivity index (χ1v) is 8.06. The van der Waals surface area contributed by atoms with E-state index in [1.807, 2.05) is 0 Å². The van der Waals surface area contributed by atoms with Crippen LogP contribution in [0.4, 0.5) is 4.79 Å². The third kappa shape index (κ3) is 2.92. The minimum absolute atomic E-state index is 0.0268. The molecule has 26 heavy (non-hydrogen) atoms. The zero-order valence-electron chi connectivity index (χ0n) is 14.0. The topological polar surface area (TPSA) is 110 Å². The standard InChI is InChI=1S/C17H16N2O7/c1-2-25-17(24)26-9-18-13(20)8-7-12(16(18)23)19-14(21)10-5-3-4-6-11(10)15(19)22/h3-6,12H,2,7-9H2,1H3. The predicted octanol–water partition coefficient (Wildman–Crippen LogP) is 0.931. The lowest BCUT2D eigenvalue weighted by Crippen LogP contribution is -2.56. The Kier molecular flexibility index (Phi) is 4.70. The van der Waals surface area contributed by atoms with Crippen LogP contribution in [0.3, 0.4) is 0 Å². The second-order valence-electron chi connectivity index (χ2n) is 5.70. The molecule has 3 rings (SSSR count). The number of amides is 4. The third-order valence-corrected chi connectivity index (χ3v) is 4.19. The number of imide groups is 2. The molecule has 136 valence electrons. The van der Waals surface area contributed by atoms with Gasteiger partial charge in [-0.3, -0.25) is 24.1 Å². The number of rotatable bonds is 4. The number of fused-ring (bicyclic) bond motifs is 1. The summed E-state index contributed by atoms with van der Waals surface area (Å²) >= 11 is 0. The van der Waals surface area contributed by atoms with Crippen LogP contribution >= 0.6 is 0 Å². The molecular formula is C17H16N2O7. The van der Waals surface area contributed by atoms with Gasteiger partial charge in [-0.2, -0.15) is 0 Å². The Morgan fingerprint density at radius 3 is 2.27 bits per heavy atom. The van der Waals surface area contributed by atoms with Gasteiger partial charge in [0, 0.05) is 6.42 Å². The number of benzene rings is 1. The molecular weight excluding hydrogens is 344 g/mol. The van der Waals surface area contributed by atoms with Crippen molar-refractivity contribution in [2.24, 2.45) is 0 Å². The maximum absolute atomic E-state index is 12.7. The van der Waals surface area contributed by atoms with Gasteiger partial charge in [-0.05, 0) is 25.5 Å². The van der Waals surface area contributed by atoms with Gasteiger partial charge in [-0.15, -0.1) is 0 Å². The van der Waals surface area contributed by atoms with E-state index >= 15 is 0 Å². The fourth-order valence-electron chi connectivity index (χ4n) is 2.96. The van der Waals surface area contributed by atoms with Crippen molar-refractivity contribution in [3.05, 3.63) is 35.4 Å². The summed E-state index contributed by atoms with van der Waals surface area (Å²) in [5, 5.41) is 0. The molecule has 2 heterocycles. The van der Waals surface area contributed by atoms with Crippen molar-refractivity contribution < 1.29 is 33.4 Å². The summed E-state index contributed by atoms with van der Waals surface area (Å²) in [4.78, 5) is 62.6. The molecule has 9 nitrogen and oxygen atoms in total. The fourth-order valence-corrected chi connectivity index (χ4v) is 2.96. The van der Waals surface area contributed by atoms with Gasteiger partial charge < -0.3 is 9.47 Å². The number of hydrogen-bond acceptors (Lipinski definition) is 7. The van der Waals surface area contributed by atoms with Crippen LogP contribution in [0.25, 0.3) is 0 Å². The second-order valence-corrected chi connectivity index (χ2v) is 5.70. The van der Waals surface area contributed by atoms with E-state index in [9.17, 15) is 24.0 Å². The molecule has 1 atom stereocenters. The molecule has 0 radical (unpaired) electrons. The molecule has 0 aliphatic carbocycles. The molecule has 1 aromatic rings. The number of piperidine rings is 1. The minimum atomic E-state index is -1.12. The lowest BCUT2D eigenvalue weighted by molar-refractivity contribution is -0.156. The van der Waals surface area contributed by atoms with Crippen LogP contribution in [0.5, 0.6) is 0 Å². The van der Waals surface area contributed by atoms with Crippen LogP contribution in [0.2, 0.25) is 0 Å². The van der Waals surface area contributed by atoms with E-state index in [1.165, 1.54) is 12.1 Å². The molecule has 0 spiro atoms. The Morgan fingerprint density at radius 2 is 1.69 bits per heavy atom. The van der Waals surface area contributed by atoms with E-state index < -0.39 is 42.6 Å². The summed E-state index contributed by atoms with van der Waals surface area (Å²) in [5.41, 5.74) is 0.438. The normalized spacial score (nSPS) is 19.7. The summed E-state index contributed by atoms with van der Waals surface area (Å²) in [6.45, 7) is 1.03. The number of hydrogen-bond donors (Lipinski definition) is 0. The number of nitrogens with zero attached hydrogens (tertiary/aromatic N) is 2. The van der Waals surface area contributed by atoms with E-state index in [-0.39, 0.29) is 30.6 Å². The molecule has 0 aromatic heterocycles. The molecule has 1 unspecified atom stereocenters. The highest BCUT2D eigenvalue weighted by Crippen LogP contribution is 2.28. The van der Waals surface area contributed by atoms with E-state index in [1.54, 1.807) is 19.1 Å². The van der Waals surface area contributed by atoms with Gasteiger partial charge in [0.15, 0.2) is 6.73 Å². The van der Waals surface area contributed by atoms with Crippen molar-refractivity contribution >= 4 is 29.8 Å². The Hall–Kier alpha value is -3.23. The van der Waals surface area contributed by atoms with Gasteiger partial charge in [0.2, 0.25) is 5.91 Å². The van der Waals surface area contributed by atoms with Crippen LogP contribution < -0.4 is 0 Å². The summed E-state index contributed by atoms with van der Waals surface area (Å²) in [5.74, 6) is -2.47. The molecule has 0 bridgehead atoms. The molecule has 0 saturated carbocycles. The van der Waals surface area contributed by atoms with Crippen molar-refractivity contribution in [2.45, 2.75) is 25.8 Å². The molecule has 4 amide bonds. The molecule has 0 N–H and O–H groups in total. The monoisotopic (exact) mass is 360 g/mol. The molecule has 1 aromatic carbocycles. The highest BCUT2D eigenvalue weighted by molar-refractivity contribution is 6.23. The van der Waals surface area contributed by atoms with Gasteiger partial charge in [-0.1, -0.05) is 12.1 Å². The van der Waals surface area contributed by atoms with Gasteiger partial charge >= 0.3 is 6.16 Å². The van der Waals surface area contributed by atoms with Crippen LogP contribution in [0, 0.1) is 0 Å². The molecule has 1 fully saturated rings. The van der Waals surface area contributed by atoms with Crippen LogP contribution in [-0.4, -0.2) is 59.0 Å². The average molecular weight is 360 g/mol. The largest absolute Gasteiger partial charge is 0.510 e. The summed E-state index contributed by atoms with van der Waals surface area (Å²) < 4.78 is 9.30. The van der Waals surface area contributed by atoms with E-state index in [4.69, 9.17) is 4.74 Å². The first-order chi connectivity index (χ1) is 12.5. The Morgan fingerprint density at radius 1 is 1.08 bits per heavy atom. The Balaban J connectivity index is 1.78. The zero-order valence-corrected chi connectivity index (χ0v) is 14.0. The second kappa shape index (κ2) is 6.95. The van der Waals surface area contributed by atoms with Crippen molar-refractivity contribution in [2.75, 3.05) is 13.3 Å². The number of carbonyl (C=O) groups is 5. The highest BCUT2D eigenvalue weighted by Gasteiger charge is 2.47. The van der Waals surface area contributed by atoms with Gasteiger partial charge in [0.1, 0.15) is 6.04 Å². The van der Waals surface area contributed by atoms with Crippen LogP contribution in [0.1, 0.15) is 40.5 Å². The third-order valence-electron chi connectivity index (χ3n) is 4.19. The zero-order chi connectivity index (χ0) is 18.8. The molecule has 9 heteroatoms. The maximum atomic E-state index is 12.7. The number of carbonyl (C=O) groups excluding carboxylic acids is 5. The van der Waals surface area contributed by atoms with E-state index in [0.29, 0.717) is 4.90 Å². The van der Waals surface area contributed by atoms with Crippen LogP contribution in [-0.2, 0) is 19.1 Å². The molecule has 2 aliphatic heterocycles. The maximum Gasteiger partial charge on any atom is 0.510 e. The highest BCUT2D eigenvalue weighted by atomic mass is 16.7. The smallest absolute Gasteiger partial charge is 0.435 e. The summed E-state index contributed by atoms with van der Waals surface area (Å²) in [6.07, 6.45) is -1.05. The van der Waals surface area contributed by atoms with Crippen molar-refractivity contribution in [3.8, 4) is 0 Å². The van der Waals surface area contributed by atoms with Crippen molar-refractivity contribution in [1.82, 2.24) is 9.80 Å². The molecule has 2 aliphatic rings. The number of likely N-dealkylation sites (tertiary alicyclic amines) is 1. The van der Waals surface area contributed by atoms with Crippen molar-refractivity contribution in [1.29, 1.82) is 0 Å². The van der Waals surface area contributed by atoms with Gasteiger partial charge in [-0.25, -0.2) is 9.69 Å². The minimum Gasteiger partial charge on any atom is -0.435 e. The molecule has 1 saturated heterocycles. The van der Waals surface area contributed by atoms with E-state index in [2.05, 4.69) is 4.74 Å². The fraction of sp³-hybridized carbons (Fsp3) is 0.353. The lowest BCUT2D eigenvalue weighted by atomic mass is 10.0. The SMILES string of the molecule is CCOC(=O)OCN1C(=O)CCC(N2C(=O)c3ccccc3C2=O)C1=O. The lowest BCUT2D eigenvalue weighted by Gasteiger charge is -2.33. The first kappa shape index (κ1) is 17.6. The van der Waals surface area contributed by atoms with E-state index in [0.717, 1.165) is 4.90 Å². The predicted molar refractivity (Wildman–Crippen MR) is 84.8 cm³/mol. The van der Waals surface area contributed by atoms with Gasteiger partial charge in [0.05, 0.1) is 17.7 Å². The average Bonchev–Trinajstić information content (AvgIpc) is 2.87. The summed E-state index contributed by atoms with van der Waals surface area (Å²) in [6, 6.07) is 5.15.